The Balaban J connectivity index is 2.72. The molecule has 0 amide bonds. The standard InChI is InChI=1S/C17H21BrINO/c1-17(16(21)13-18,10-5-3-2-4-6-11-20)14-8-7-9-15(19)12-14/h7-9,12H,2-6,10,13H2,1H3. The van der Waals surface area contributed by atoms with Crippen LogP contribution in [0.1, 0.15) is 51.0 Å². The van der Waals surface area contributed by atoms with Crippen LogP contribution < -0.4 is 0 Å². The van der Waals surface area contributed by atoms with Gasteiger partial charge in [-0.15, -0.1) is 0 Å². The quantitative estimate of drug-likeness (QED) is 0.281. The second-order valence-corrected chi connectivity index (χ2v) is 7.28. The maximum atomic E-state index is 12.4. The summed E-state index contributed by atoms with van der Waals surface area (Å²) in [5.41, 5.74) is 0.691. The molecule has 0 aliphatic heterocycles. The fourth-order valence-corrected chi connectivity index (χ4v) is 3.62. The van der Waals surface area contributed by atoms with Crippen LogP contribution in [-0.2, 0) is 10.2 Å². The van der Waals surface area contributed by atoms with Crippen LogP contribution in [0.4, 0.5) is 0 Å². The topological polar surface area (TPSA) is 40.9 Å². The number of nitrogens with zero attached hydrogens (tertiary/aromatic N) is 1. The number of carbonyl (C=O) groups excluding carboxylic acids is 1. The van der Waals surface area contributed by atoms with Gasteiger partial charge in [0.1, 0.15) is 0 Å². The van der Waals surface area contributed by atoms with Crippen molar-refractivity contribution >= 4 is 44.3 Å². The molecule has 0 aliphatic carbocycles. The molecule has 0 bridgehead atoms. The summed E-state index contributed by atoms with van der Waals surface area (Å²) in [5.74, 6) is 0.238. The predicted molar refractivity (Wildman–Crippen MR) is 98.6 cm³/mol. The van der Waals surface area contributed by atoms with Crippen molar-refractivity contribution in [3.05, 3.63) is 33.4 Å². The molecule has 0 spiro atoms. The van der Waals surface area contributed by atoms with Gasteiger partial charge in [0.2, 0.25) is 0 Å². The number of hydrogen-bond donors (Lipinski definition) is 0. The van der Waals surface area contributed by atoms with Crippen LogP contribution in [0.5, 0.6) is 0 Å². The molecule has 2 nitrogen and oxygen atoms in total. The molecule has 0 fully saturated rings. The van der Waals surface area contributed by atoms with E-state index in [9.17, 15) is 4.79 Å². The van der Waals surface area contributed by atoms with Crippen molar-refractivity contribution in [1.82, 2.24) is 0 Å². The van der Waals surface area contributed by atoms with Crippen molar-refractivity contribution in [2.45, 2.75) is 50.9 Å². The molecule has 1 aromatic rings. The first-order valence-corrected chi connectivity index (χ1v) is 9.47. The van der Waals surface area contributed by atoms with E-state index in [0.717, 1.165) is 41.2 Å². The second kappa shape index (κ2) is 9.58. The summed E-state index contributed by atoms with van der Waals surface area (Å²) in [6.45, 7) is 2.05. The summed E-state index contributed by atoms with van der Waals surface area (Å²) in [4.78, 5) is 12.4. The zero-order chi connectivity index (χ0) is 15.7. The number of rotatable bonds is 9. The Labute approximate surface area is 149 Å². The third-order valence-corrected chi connectivity index (χ3v) is 5.09. The molecular weight excluding hydrogens is 441 g/mol. The monoisotopic (exact) mass is 461 g/mol. The number of nitriles is 1. The first kappa shape index (κ1) is 18.6. The smallest absolute Gasteiger partial charge is 0.153 e. The van der Waals surface area contributed by atoms with E-state index in [1.165, 1.54) is 0 Å². The van der Waals surface area contributed by atoms with Gasteiger partial charge in [-0.05, 0) is 60.1 Å². The van der Waals surface area contributed by atoms with E-state index in [4.69, 9.17) is 5.26 Å². The van der Waals surface area contributed by atoms with E-state index >= 15 is 0 Å². The van der Waals surface area contributed by atoms with E-state index < -0.39 is 5.41 Å². The summed E-state index contributed by atoms with van der Waals surface area (Å²) < 4.78 is 1.16. The van der Waals surface area contributed by atoms with Gasteiger partial charge < -0.3 is 0 Å². The number of halogens is 2. The Kier molecular flexibility index (Phi) is 8.50. The van der Waals surface area contributed by atoms with Crippen LogP contribution in [0.2, 0.25) is 0 Å². The summed E-state index contributed by atoms with van der Waals surface area (Å²) in [6.07, 6.45) is 5.63. The number of Topliss-reactive ketones (excluding diaryl/α,β-unsaturated/α-hetero) is 1. The van der Waals surface area contributed by atoms with Gasteiger partial charge in [-0.1, -0.05) is 47.3 Å². The molecule has 0 radical (unpaired) electrons. The summed E-state index contributed by atoms with van der Waals surface area (Å²) in [5, 5.41) is 8.92. The normalized spacial score (nSPS) is 13.4. The third kappa shape index (κ3) is 5.71. The molecule has 0 aliphatic rings. The lowest BCUT2D eigenvalue weighted by Gasteiger charge is -2.28. The van der Waals surface area contributed by atoms with Crippen molar-refractivity contribution in [2.75, 3.05) is 5.33 Å². The average molecular weight is 462 g/mol. The number of hydrogen-bond acceptors (Lipinski definition) is 2. The Morgan fingerprint density at radius 2 is 2.05 bits per heavy atom. The van der Waals surface area contributed by atoms with Crippen LogP contribution in [0.15, 0.2) is 24.3 Å². The first-order valence-electron chi connectivity index (χ1n) is 7.27. The van der Waals surface area contributed by atoms with E-state index in [2.05, 4.69) is 63.6 Å². The molecule has 114 valence electrons. The maximum Gasteiger partial charge on any atom is 0.153 e. The fourth-order valence-electron chi connectivity index (χ4n) is 2.46. The predicted octanol–water partition coefficient (Wildman–Crippen LogP) is 5.38. The highest BCUT2D eigenvalue weighted by atomic mass is 127. The molecule has 1 unspecified atom stereocenters. The molecule has 4 heteroatoms. The van der Waals surface area contributed by atoms with Gasteiger partial charge in [-0.25, -0.2) is 0 Å². The number of unbranched alkanes of at least 4 members (excludes halogenated alkanes) is 4. The highest BCUT2D eigenvalue weighted by molar-refractivity contribution is 14.1. The van der Waals surface area contributed by atoms with E-state index in [1.807, 2.05) is 12.1 Å². The van der Waals surface area contributed by atoms with Crippen molar-refractivity contribution in [3.8, 4) is 6.07 Å². The molecule has 0 heterocycles. The van der Waals surface area contributed by atoms with E-state index in [-0.39, 0.29) is 5.78 Å². The van der Waals surface area contributed by atoms with Crippen molar-refractivity contribution < 1.29 is 4.79 Å². The van der Waals surface area contributed by atoms with Gasteiger partial charge in [0, 0.05) is 9.99 Å². The minimum atomic E-state index is -0.417. The van der Waals surface area contributed by atoms with Gasteiger partial charge in [-0.2, -0.15) is 5.26 Å². The summed E-state index contributed by atoms with van der Waals surface area (Å²) in [7, 11) is 0. The third-order valence-electron chi connectivity index (χ3n) is 3.91. The molecular formula is C17H21BrINO. The van der Waals surface area contributed by atoms with Crippen molar-refractivity contribution in [2.24, 2.45) is 0 Å². The molecule has 21 heavy (non-hydrogen) atoms. The van der Waals surface area contributed by atoms with Crippen molar-refractivity contribution in [1.29, 1.82) is 5.26 Å². The van der Waals surface area contributed by atoms with Gasteiger partial charge >= 0.3 is 0 Å². The van der Waals surface area contributed by atoms with Crippen LogP contribution in [-0.4, -0.2) is 11.1 Å². The SMILES string of the molecule is CC(CCCCCCC#N)(C(=O)CBr)c1cccc(I)c1. The average Bonchev–Trinajstić information content (AvgIpc) is 2.49. The van der Waals surface area contributed by atoms with E-state index in [0.29, 0.717) is 11.8 Å². The van der Waals surface area contributed by atoms with Gasteiger partial charge in [-0.3, -0.25) is 4.79 Å². The molecule has 0 N–H and O–H groups in total. The Morgan fingerprint density at radius 3 is 2.67 bits per heavy atom. The molecule has 0 saturated carbocycles. The summed E-state index contributed by atoms with van der Waals surface area (Å²) >= 11 is 5.61. The number of carbonyl (C=O) groups is 1. The van der Waals surface area contributed by atoms with Gasteiger partial charge in [0.05, 0.1) is 16.8 Å². The van der Waals surface area contributed by atoms with Crippen molar-refractivity contribution in [3.63, 3.8) is 0 Å². The zero-order valence-corrected chi connectivity index (χ0v) is 16.1. The van der Waals surface area contributed by atoms with Gasteiger partial charge in [0.25, 0.3) is 0 Å². The first-order chi connectivity index (χ1) is 10.0. The minimum Gasteiger partial charge on any atom is -0.298 e. The Bertz CT molecular complexity index is 512. The Hall–Kier alpha value is -0.410. The maximum absolute atomic E-state index is 12.4. The molecule has 1 aromatic carbocycles. The number of benzene rings is 1. The minimum absolute atomic E-state index is 0.238. The van der Waals surface area contributed by atoms with Crippen LogP contribution in [0, 0.1) is 14.9 Å². The lowest BCUT2D eigenvalue weighted by atomic mass is 9.75. The Morgan fingerprint density at radius 1 is 1.33 bits per heavy atom. The lowest BCUT2D eigenvalue weighted by molar-refractivity contribution is -0.121. The number of ketones is 1. The molecule has 0 aromatic heterocycles. The fraction of sp³-hybridized carbons (Fsp3) is 0.529. The van der Waals surface area contributed by atoms with Crippen LogP contribution in [0.25, 0.3) is 0 Å². The van der Waals surface area contributed by atoms with Crippen LogP contribution >= 0.6 is 38.5 Å². The highest BCUT2D eigenvalue weighted by Crippen LogP contribution is 2.32. The largest absolute Gasteiger partial charge is 0.298 e. The lowest BCUT2D eigenvalue weighted by Crippen LogP contribution is -2.33. The summed E-state index contributed by atoms with van der Waals surface area (Å²) in [6, 6.07) is 10.4. The number of alkyl halides is 1. The molecule has 1 atom stereocenters. The second-order valence-electron chi connectivity index (χ2n) is 5.47. The van der Waals surface area contributed by atoms with Gasteiger partial charge in [0.15, 0.2) is 5.78 Å². The molecule has 1 rings (SSSR count). The molecule has 0 saturated heterocycles. The van der Waals surface area contributed by atoms with Crippen LogP contribution in [0.3, 0.4) is 0 Å². The van der Waals surface area contributed by atoms with E-state index in [1.54, 1.807) is 0 Å². The highest BCUT2D eigenvalue weighted by Gasteiger charge is 2.33. The zero-order valence-electron chi connectivity index (χ0n) is 12.4.